The number of carboxylic acid groups (broad SMARTS) is 1. The van der Waals surface area contributed by atoms with Crippen molar-refractivity contribution in [2.24, 2.45) is 11.8 Å². The van der Waals surface area contributed by atoms with Crippen molar-refractivity contribution < 1.29 is 19.0 Å². The Kier molecular flexibility index (Phi) is 8.96. The fraction of sp³-hybridized carbons (Fsp3) is 0.583. The maximum atomic E-state index is 15.3. The topological polar surface area (TPSA) is 62.7 Å². The molecule has 1 N–H and O–H groups in total. The molecule has 0 radical (unpaired) electrons. The Morgan fingerprint density at radius 1 is 1.39 bits per heavy atom. The zero-order chi connectivity index (χ0) is 22.2. The summed E-state index contributed by atoms with van der Waals surface area (Å²) in [6, 6.07) is 7.26. The number of halogens is 1. The van der Waals surface area contributed by atoms with Gasteiger partial charge in [0.1, 0.15) is 11.9 Å². The van der Waals surface area contributed by atoms with Crippen molar-refractivity contribution >= 4 is 28.6 Å². The molecule has 0 spiro atoms. The third kappa shape index (κ3) is 6.56. The van der Waals surface area contributed by atoms with Crippen LogP contribution in [0.15, 0.2) is 30.5 Å². The Hall–Kier alpha value is -1.86. The molecule has 1 aromatic carbocycles. The first-order valence-corrected chi connectivity index (χ1v) is 12.4. The number of methoxy groups -OCH3 is 1. The van der Waals surface area contributed by atoms with Crippen molar-refractivity contribution in [3.63, 3.8) is 0 Å². The Labute approximate surface area is 188 Å². The number of aliphatic carboxylic acids is 1. The number of alkyl halides is 1. The van der Waals surface area contributed by atoms with Crippen LogP contribution in [-0.4, -0.2) is 59.7 Å². The first-order valence-electron chi connectivity index (χ1n) is 11.0. The van der Waals surface area contributed by atoms with Crippen molar-refractivity contribution in [2.45, 2.75) is 38.3 Å². The number of likely N-dealkylation sites (tertiary alicyclic amines) is 1. The van der Waals surface area contributed by atoms with Gasteiger partial charge in [-0.3, -0.25) is 9.78 Å². The number of ether oxygens (including phenoxy) is 1. The molecule has 1 saturated heterocycles. The van der Waals surface area contributed by atoms with E-state index >= 15 is 4.39 Å². The van der Waals surface area contributed by atoms with E-state index in [1.807, 2.05) is 30.0 Å². The minimum atomic E-state index is -1.11. The molecule has 3 atom stereocenters. The van der Waals surface area contributed by atoms with Crippen LogP contribution in [-0.2, 0) is 4.79 Å². The van der Waals surface area contributed by atoms with E-state index < -0.39 is 12.1 Å². The van der Waals surface area contributed by atoms with Gasteiger partial charge in [-0.1, -0.05) is 0 Å². The molecule has 7 heteroatoms. The highest BCUT2D eigenvalue weighted by molar-refractivity contribution is 7.98. The highest BCUT2D eigenvalue weighted by Gasteiger charge is 2.31. The van der Waals surface area contributed by atoms with Crippen LogP contribution in [0.1, 0.15) is 43.8 Å². The second-order valence-corrected chi connectivity index (χ2v) is 9.37. The Balaban J connectivity index is 1.65. The lowest BCUT2D eigenvalue weighted by atomic mass is 9.79. The van der Waals surface area contributed by atoms with Gasteiger partial charge in [-0.2, -0.15) is 11.8 Å². The normalized spacial score (nSPS) is 20.6. The average molecular weight is 449 g/mol. The number of hydrogen-bond acceptors (Lipinski definition) is 5. The van der Waals surface area contributed by atoms with Gasteiger partial charge in [-0.25, -0.2) is 4.39 Å². The van der Waals surface area contributed by atoms with E-state index in [2.05, 4.69) is 16.1 Å². The molecule has 1 aliphatic heterocycles. The van der Waals surface area contributed by atoms with Gasteiger partial charge >= 0.3 is 5.97 Å². The highest BCUT2D eigenvalue weighted by Crippen LogP contribution is 2.36. The number of hydrogen-bond donors (Lipinski definition) is 1. The summed E-state index contributed by atoms with van der Waals surface area (Å²) in [5.41, 5.74) is 1.39. The molecule has 1 aliphatic rings. The maximum Gasteiger partial charge on any atom is 0.303 e. The molecule has 170 valence electrons. The Morgan fingerprint density at radius 3 is 2.97 bits per heavy atom. The summed E-state index contributed by atoms with van der Waals surface area (Å²) in [6.07, 6.45) is 5.96. The first-order chi connectivity index (χ1) is 15.0. The first kappa shape index (κ1) is 23.8. The monoisotopic (exact) mass is 448 g/mol. The number of benzene rings is 1. The van der Waals surface area contributed by atoms with Crippen LogP contribution in [0.25, 0.3) is 10.9 Å². The number of thioether (sulfide) groups is 1. The lowest BCUT2D eigenvalue weighted by Gasteiger charge is -2.38. The second-order valence-electron chi connectivity index (χ2n) is 8.38. The third-order valence-electron chi connectivity index (χ3n) is 6.35. The van der Waals surface area contributed by atoms with Crippen molar-refractivity contribution in [1.82, 2.24) is 9.88 Å². The fourth-order valence-corrected chi connectivity index (χ4v) is 5.11. The van der Waals surface area contributed by atoms with E-state index in [4.69, 9.17) is 4.74 Å². The van der Waals surface area contributed by atoms with Gasteiger partial charge in [0, 0.05) is 24.5 Å². The van der Waals surface area contributed by atoms with Gasteiger partial charge in [0.15, 0.2) is 0 Å². The van der Waals surface area contributed by atoms with Crippen LogP contribution < -0.4 is 4.74 Å². The Morgan fingerprint density at radius 2 is 2.23 bits per heavy atom. The lowest BCUT2D eigenvalue weighted by Crippen LogP contribution is -2.42. The largest absolute Gasteiger partial charge is 0.497 e. The van der Waals surface area contributed by atoms with Crippen LogP contribution in [0, 0.1) is 11.8 Å². The molecule has 0 saturated carbocycles. The third-order valence-corrected chi connectivity index (χ3v) is 7.04. The van der Waals surface area contributed by atoms with E-state index in [-0.39, 0.29) is 18.3 Å². The van der Waals surface area contributed by atoms with Crippen molar-refractivity contribution in [3.05, 3.63) is 36.0 Å². The number of piperidine rings is 1. The van der Waals surface area contributed by atoms with Gasteiger partial charge in [-0.05, 0) is 92.4 Å². The molecule has 1 aromatic heterocycles. The summed E-state index contributed by atoms with van der Waals surface area (Å²) < 4.78 is 20.6. The average Bonchev–Trinajstić information content (AvgIpc) is 2.77. The molecule has 0 aliphatic carbocycles. The molecule has 31 heavy (non-hydrogen) atoms. The molecule has 0 bridgehead atoms. The summed E-state index contributed by atoms with van der Waals surface area (Å²) in [6.45, 7) is 2.79. The van der Waals surface area contributed by atoms with E-state index in [0.717, 1.165) is 49.1 Å². The Bertz CT molecular complexity index is 866. The van der Waals surface area contributed by atoms with Gasteiger partial charge in [0.05, 0.1) is 12.6 Å². The molecule has 1 fully saturated rings. The van der Waals surface area contributed by atoms with Gasteiger partial charge in [0.2, 0.25) is 0 Å². The quantitative estimate of drug-likeness (QED) is 0.477. The van der Waals surface area contributed by atoms with Crippen LogP contribution in [0.4, 0.5) is 4.39 Å². The minimum absolute atomic E-state index is 0.0852. The van der Waals surface area contributed by atoms with Crippen molar-refractivity contribution in [3.8, 4) is 5.75 Å². The van der Waals surface area contributed by atoms with Crippen molar-refractivity contribution in [2.75, 3.05) is 38.8 Å². The van der Waals surface area contributed by atoms with Crippen LogP contribution in [0.5, 0.6) is 5.75 Å². The molecule has 0 amide bonds. The van der Waals surface area contributed by atoms with Crippen LogP contribution in [0.2, 0.25) is 0 Å². The summed E-state index contributed by atoms with van der Waals surface area (Å²) in [7, 11) is 1.60. The number of aromatic nitrogens is 1. The van der Waals surface area contributed by atoms with Crippen molar-refractivity contribution in [1.29, 1.82) is 0 Å². The van der Waals surface area contributed by atoms with E-state index in [0.29, 0.717) is 24.2 Å². The summed E-state index contributed by atoms with van der Waals surface area (Å²) in [5, 5.41) is 10.2. The molecular formula is C24H33FN2O3S. The smallest absolute Gasteiger partial charge is 0.303 e. The lowest BCUT2D eigenvalue weighted by molar-refractivity contribution is -0.139. The number of rotatable bonds is 11. The number of nitrogens with zero attached hydrogens (tertiary/aromatic N) is 2. The van der Waals surface area contributed by atoms with Gasteiger partial charge in [-0.15, -0.1) is 0 Å². The number of pyridine rings is 1. The van der Waals surface area contributed by atoms with Gasteiger partial charge in [0.25, 0.3) is 0 Å². The predicted molar refractivity (Wildman–Crippen MR) is 125 cm³/mol. The van der Waals surface area contributed by atoms with E-state index in [1.165, 1.54) is 0 Å². The molecular weight excluding hydrogens is 415 g/mol. The molecule has 0 unspecified atom stereocenters. The van der Waals surface area contributed by atoms with Crippen LogP contribution >= 0.6 is 11.8 Å². The van der Waals surface area contributed by atoms with E-state index in [1.54, 1.807) is 19.4 Å². The maximum absolute atomic E-state index is 15.3. The number of carbonyl (C=O) groups is 1. The molecule has 5 nitrogen and oxygen atoms in total. The predicted octanol–water partition coefficient (Wildman–Crippen LogP) is 5.20. The minimum Gasteiger partial charge on any atom is -0.497 e. The zero-order valence-corrected chi connectivity index (χ0v) is 19.2. The zero-order valence-electron chi connectivity index (χ0n) is 18.4. The summed E-state index contributed by atoms with van der Waals surface area (Å²) in [5.74, 6) is 1.38. The van der Waals surface area contributed by atoms with Crippen LogP contribution in [0.3, 0.4) is 0 Å². The summed E-state index contributed by atoms with van der Waals surface area (Å²) >= 11 is 1.84. The second kappa shape index (κ2) is 11.7. The van der Waals surface area contributed by atoms with Gasteiger partial charge < -0.3 is 14.7 Å². The molecule has 2 heterocycles. The molecule has 3 rings (SSSR count). The fourth-order valence-electron chi connectivity index (χ4n) is 4.69. The SMILES string of the molecule is COc1ccc2nccc([C@@H](F)CC[C@@H]3CCN(CCCSC)C[C@@H]3CC(=O)O)c2c1. The number of fused-ring (bicyclic) bond motifs is 1. The standard InChI is InChI=1S/C24H33FN2O3S/c1-30-19-5-7-23-21(15-19)20(8-10-26-23)22(25)6-4-17-9-12-27(11-3-13-31-2)16-18(17)14-24(28)29/h5,7-8,10,15,17-18,22H,3-4,6,9,11-14,16H2,1-2H3,(H,28,29)/t17-,18+,22+/m1/s1. The molecule has 2 aromatic rings. The number of carboxylic acids is 1. The highest BCUT2D eigenvalue weighted by atomic mass is 32.2. The summed E-state index contributed by atoms with van der Waals surface area (Å²) in [4.78, 5) is 18.2. The van der Waals surface area contributed by atoms with E-state index in [9.17, 15) is 9.90 Å².